The molecule has 8 heteroatoms. The van der Waals surface area contributed by atoms with Gasteiger partial charge >= 0.3 is 6.09 Å². The van der Waals surface area contributed by atoms with Crippen molar-refractivity contribution in [1.29, 1.82) is 0 Å². The van der Waals surface area contributed by atoms with Crippen LogP contribution >= 0.6 is 0 Å². The third kappa shape index (κ3) is 15.1. The van der Waals surface area contributed by atoms with E-state index in [0.717, 1.165) is 76.1 Å². The molecular formula is C30H48N2O6. The first kappa shape index (κ1) is 31.8. The van der Waals surface area contributed by atoms with Gasteiger partial charge in [0.2, 0.25) is 5.91 Å². The van der Waals surface area contributed by atoms with Gasteiger partial charge in [0.25, 0.3) is 0 Å². The lowest BCUT2D eigenvalue weighted by atomic mass is 9.94. The smallest absolute Gasteiger partial charge is 0.407 e. The Morgan fingerprint density at radius 3 is 2.05 bits per heavy atom. The highest BCUT2D eigenvalue weighted by molar-refractivity contribution is 5.75. The maximum atomic E-state index is 12.1. The zero-order valence-corrected chi connectivity index (χ0v) is 23.1. The maximum absolute atomic E-state index is 12.1. The van der Waals surface area contributed by atoms with Gasteiger partial charge in [-0.15, -0.1) is 0 Å². The van der Waals surface area contributed by atoms with Crippen LogP contribution in [-0.4, -0.2) is 50.4 Å². The van der Waals surface area contributed by atoms with Gasteiger partial charge in [-0.05, 0) is 31.2 Å². The van der Waals surface area contributed by atoms with E-state index in [1.807, 2.05) is 30.3 Å². The number of carbonyl (C=O) groups is 3. The molecule has 0 radical (unpaired) electrons. The Hall–Kier alpha value is -2.45. The van der Waals surface area contributed by atoms with Gasteiger partial charge in [-0.3, -0.25) is 4.79 Å². The zero-order valence-electron chi connectivity index (χ0n) is 23.1. The molecule has 38 heavy (non-hydrogen) atoms. The lowest BCUT2D eigenvalue weighted by Gasteiger charge is -2.37. The van der Waals surface area contributed by atoms with Crippen molar-refractivity contribution in [2.75, 3.05) is 26.3 Å². The van der Waals surface area contributed by atoms with E-state index in [1.54, 1.807) is 0 Å². The number of rotatable bonds is 21. The molecule has 0 heterocycles. The van der Waals surface area contributed by atoms with Crippen LogP contribution in [0.4, 0.5) is 4.79 Å². The molecule has 0 bridgehead atoms. The van der Waals surface area contributed by atoms with Gasteiger partial charge in [0.05, 0.1) is 13.2 Å². The summed E-state index contributed by atoms with van der Waals surface area (Å²) in [6.45, 7) is 1.79. The van der Waals surface area contributed by atoms with Crippen molar-refractivity contribution in [2.24, 2.45) is 0 Å². The fourth-order valence-corrected chi connectivity index (χ4v) is 4.67. The van der Waals surface area contributed by atoms with E-state index in [2.05, 4.69) is 10.6 Å². The molecule has 1 aliphatic carbocycles. The molecule has 0 spiro atoms. The van der Waals surface area contributed by atoms with E-state index >= 15 is 0 Å². The number of benzene rings is 1. The Morgan fingerprint density at radius 2 is 1.39 bits per heavy atom. The molecule has 1 saturated carbocycles. The lowest BCUT2D eigenvalue weighted by molar-refractivity contribution is -0.250. The molecule has 0 saturated heterocycles. The summed E-state index contributed by atoms with van der Waals surface area (Å²) in [5.74, 6) is -0.578. The average molecular weight is 533 g/mol. The number of aldehydes is 1. The van der Waals surface area contributed by atoms with E-state index in [4.69, 9.17) is 14.2 Å². The van der Waals surface area contributed by atoms with Gasteiger partial charge in [0, 0.05) is 38.8 Å². The summed E-state index contributed by atoms with van der Waals surface area (Å²) in [6.07, 6.45) is 15.5. The Morgan fingerprint density at radius 1 is 0.789 bits per heavy atom. The highest BCUT2D eigenvalue weighted by atomic mass is 16.7. The van der Waals surface area contributed by atoms with Crippen LogP contribution in [0.25, 0.3) is 0 Å². The summed E-state index contributed by atoms with van der Waals surface area (Å²) in [7, 11) is 0. The zero-order chi connectivity index (χ0) is 27.2. The van der Waals surface area contributed by atoms with Gasteiger partial charge in [-0.2, -0.15) is 0 Å². The summed E-state index contributed by atoms with van der Waals surface area (Å²) in [5, 5.41) is 5.69. The van der Waals surface area contributed by atoms with E-state index < -0.39 is 11.9 Å². The Balaban J connectivity index is 1.51. The predicted molar refractivity (Wildman–Crippen MR) is 148 cm³/mol. The van der Waals surface area contributed by atoms with E-state index in [-0.39, 0.29) is 12.5 Å². The minimum Gasteiger partial charge on any atom is -0.445 e. The second-order valence-corrected chi connectivity index (χ2v) is 10.0. The third-order valence-electron chi connectivity index (χ3n) is 6.83. The number of nitrogens with one attached hydrogen (secondary N) is 2. The number of ether oxygens (including phenoxy) is 3. The van der Waals surface area contributed by atoms with E-state index in [9.17, 15) is 14.4 Å². The summed E-state index contributed by atoms with van der Waals surface area (Å²) in [6, 6.07) is 9.56. The van der Waals surface area contributed by atoms with Crippen molar-refractivity contribution in [2.45, 2.75) is 109 Å². The number of hydrogen-bond donors (Lipinski definition) is 2. The van der Waals surface area contributed by atoms with Crippen molar-refractivity contribution in [3.05, 3.63) is 35.9 Å². The second kappa shape index (κ2) is 20.5. The first-order valence-electron chi connectivity index (χ1n) is 14.6. The standard InChI is InChI=1S/C30H48N2O6/c33-23-15-7-5-3-1-2-4-6-12-18-28(34)31-21-24-37-30(19-13-9-14-20-30)38-25-22-32-29(35)36-26-27-16-10-8-11-17-27/h8,10-11,16-17,23H,1-7,9,12-15,18-22,24-26H2,(H,31,34)(H,32,35). The molecule has 2 amide bonds. The highest BCUT2D eigenvalue weighted by Gasteiger charge is 2.33. The maximum Gasteiger partial charge on any atom is 0.407 e. The van der Waals surface area contributed by atoms with E-state index in [1.165, 1.54) is 19.3 Å². The van der Waals surface area contributed by atoms with Crippen LogP contribution in [0.1, 0.15) is 102 Å². The number of hydrogen-bond acceptors (Lipinski definition) is 6. The largest absolute Gasteiger partial charge is 0.445 e. The van der Waals surface area contributed by atoms with Crippen molar-refractivity contribution in [3.8, 4) is 0 Å². The molecule has 8 nitrogen and oxygen atoms in total. The van der Waals surface area contributed by atoms with Crippen molar-refractivity contribution < 1.29 is 28.6 Å². The molecule has 0 aliphatic heterocycles. The van der Waals surface area contributed by atoms with Crippen LogP contribution in [0, 0.1) is 0 Å². The van der Waals surface area contributed by atoms with Crippen LogP contribution in [0.15, 0.2) is 30.3 Å². The molecule has 1 fully saturated rings. The summed E-state index contributed by atoms with van der Waals surface area (Å²) in [4.78, 5) is 34.4. The fraction of sp³-hybridized carbons (Fsp3) is 0.700. The first-order chi connectivity index (χ1) is 18.6. The molecular weight excluding hydrogens is 484 g/mol. The van der Waals surface area contributed by atoms with Crippen LogP contribution < -0.4 is 10.6 Å². The average Bonchev–Trinajstić information content (AvgIpc) is 2.94. The number of carbonyl (C=O) groups excluding carboxylic acids is 3. The van der Waals surface area contributed by atoms with Gasteiger partial charge < -0.3 is 29.6 Å². The minimum atomic E-state index is -0.647. The van der Waals surface area contributed by atoms with Crippen LogP contribution in [0.2, 0.25) is 0 Å². The summed E-state index contributed by atoms with van der Waals surface area (Å²) in [5.41, 5.74) is 0.940. The SMILES string of the molecule is O=CCCCCCCCCCCC(=O)NCCOC1(OCCNC(=O)OCc2ccccc2)CCCCC1. The van der Waals surface area contributed by atoms with Crippen LogP contribution in [-0.2, 0) is 30.4 Å². The lowest BCUT2D eigenvalue weighted by Crippen LogP contribution is -2.42. The Labute approximate surface area is 228 Å². The second-order valence-electron chi connectivity index (χ2n) is 10.0. The molecule has 0 atom stereocenters. The molecule has 1 aliphatic rings. The molecule has 214 valence electrons. The molecule has 0 aromatic heterocycles. The molecule has 2 N–H and O–H groups in total. The highest BCUT2D eigenvalue weighted by Crippen LogP contribution is 2.32. The van der Waals surface area contributed by atoms with Gasteiger partial charge in [0.1, 0.15) is 12.9 Å². The Bertz CT molecular complexity index is 767. The fourth-order valence-electron chi connectivity index (χ4n) is 4.67. The molecule has 1 aromatic carbocycles. The number of amides is 2. The van der Waals surface area contributed by atoms with Crippen LogP contribution in [0.3, 0.4) is 0 Å². The van der Waals surface area contributed by atoms with Crippen molar-refractivity contribution in [3.63, 3.8) is 0 Å². The topological polar surface area (TPSA) is 103 Å². The van der Waals surface area contributed by atoms with Gasteiger partial charge in [-0.25, -0.2) is 4.79 Å². The molecule has 0 unspecified atom stereocenters. The monoisotopic (exact) mass is 532 g/mol. The summed E-state index contributed by atoms with van der Waals surface area (Å²) >= 11 is 0. The van der Waals surface area contributed by atoms with Crippen molar-refractivity contribution in [1.82, 2.24) is 10.6 Å². The third-order valence-corrected chi connectivity index (χ3v) is 6.83. The molecule has 1 aromatic rings. The number of unbranched alkanes of at least 4 members (excludes halogenated alkanes) is 8. The number of alkyl carbamates (subject to hydrolysis) is 1. The predicted octanol–water partition coefficient (Wildman–Crippen LogP) is 5.82. The summed E-state index contributed by atoms with van der Waals surface area (Å²) < 4.78 is 17.5. The molecule has 2 rings (SSSR count). The minimum absolute atomic E-state index is 0.0688. The van der Waals surface area contributed by atoms with Crippen molar-refractivity contribution >= 4 is 18.3 Å². The van der Waals surface area contributed by atoms with E-state index in [0.29, 0.717) is 39.1 Å². The van der Waals surface area contributed by atoms with Crippen LogP contribution in [0.5, 0.6) is 0 Å². The van der Waals surface area contributed by atoms with Gasteiger partial charge in [-0.1, -0.05) is 75.3 Å². The normalized spacial score (nSPS) is 14.5. The van der Waals surface area contributed by atoms with Gasteiger partial charge in [0.15, 0.2) is 5.79 Å². The Kier molecular flexibility index (Phi) is 17.1. The first-order valence-corrected chi connectivity index (χ1v) is 14.6. The quantitative estimate of drug-likeness (QED) is 0.117.